The van der Waals surface area contributed by atoms with Crippen LogP contribution in [0.1, 0.15) is 31.4 Å². The van der Waals surface area contributed by atoms with Gasteiger partial charge in [-0.15, -0.1) is 5.10 Å². The molecule has 0 radical (unpaired) electrons. The van der Waals surface area contributed by atoms with Crippen LogP contribution >= 0.6 is 0 Å². The Morgan fingerprint density at radius 2 is 2.05 bits per heavy atom. The number of fused-ring (bicyclic) bond motifs is 1. The molecule has 0 unspecified atom stereocenters. The molecule has 1 aliphatic carbocycles. The van der Waals surface area contributed by atoms with Gasteiger partial charge in [0.1, 0.15) is 17.6 Å². The molecular weight excluding hydrogens is 301 g/mol. The van der Waals surface area contributed by atoms with Crippen LogP contribution in [0, 0.1) is 0 Å². The van der Waals surface area contributed by atoms with Gasteiger partial charge in [-0.1, -0.05) is 18.1 Å². The fourth-order valence-corrected chi connectivity index (χ4v) is 2.85. The van der Waals surface area contributed by atoms with E-state index in [4.69, 9.17) is 0 Å². The average Bonchev–Trinajstić information content (AvgIpc) is 3.07. The first-order chi connectivity index (χ1) is 10.3. The molecule has 1 aliphatic rings. The first-order valence-electron chi connectivity index (χ1n) is 6.92. The van der Waals surface area contributed by atoms with Crippen LogP contribution in [0.2, 0.25) is 0 Å². The fraction of sp³-hybridized carbons (Fsp3) is 0.667. The van der Waals surface area contributed by atoms with Crippen LogP contribution < -0.4 is 11.0 Å². The van der Waals surface area contributed by atoms with E-state index < -0.39 is 17.4 Å². The zero-order valence-electron chi connectivity index (χ0n) is 11.9. The normalized spacial score (nSPS) is 18.2. The number of aromatic nitrogens is 5. The zero-order chi connectivity index (χ0) is 16.0. The summed E-state index contributed by atoms with van der Waals surface area (Å²) in [4.78, 5) is 15.8. The van der Waals surface area contributed by atoms with Gasteiger partial charge in [-0.25, -0.2) is 14.2 Å². The summed E-state index contributed by atoms with van der Waals surface area (Å²) in [5.74, 6) is 0. The van der Waals surface area contributed by atoms with Gasteiger partial charge in [0.05, 0.1) is 0 Å². The van der Waals surface area contributed by atoms with Crippen molar-refractivity contribution in [2.45, 2.75) is 43.9 Å². The minimum atomic E-state index is -4.32. The summed E-state index contributed by atoms with van der Waals surface area (Å²) in [6.45, 7) is -0.113. The highest BCUT2D eigenvalue weighted by atomic mass is 19.4. The molecule has 0 saturated heterocycles. The zero-order valence-corrected chi connectivity index (χ0v) is 11.9. The molecule has 2 heterocycles. The van der Waals surface area contributed by atoms with Crippen LogP contribution in [-0.4, -0.2) is 36.1 Å². The summed E-state index contributed by atoms with van der Waals surface area (Å²) in [5, 5.41) is 10.0. The summed E-state index contributed by atoms with van der Waals surface area (Å²) < 4.78 is 42.1. The van der Waals surface area contributed by atoms with Crippen molar-refractivity contribution in [3.8, 4) is 0 Å². The van der Waals surface area contributed by atoms with Crippen molar-refractivity contribution in [3.05, 3.63) is 22.5 Å². The summed E-state index contributed by atoms with van der Waals surface area (Å²) in [6, 6.07) is 0. The fourth-order valence-electron chi connectivity index (χ4n) is 2.85. The lowest BCUT2D eigenvalue weighted by molar-refractivity contribution is -0.195. The van der Waals surface area contributed by atoms with Gasteiger partial charge >= 0.3 is 11.9 Å². The van der Waals surface area contributed by atoms with Crippen LogP contribution in [0.15, 0.2) is 11.1 Å². The first kappa shape index (κ1) is 14.9. The molecule has 0 aromatic carbocycles. The summed E-state index contributed by atoms with van der Waals surface area (Å²) >= 11 is 0. The summed E-state index contributed by atoms with van der Waals surface area (Å²) in [6.07, 6.45) is -1.89. The molecule has 3 rings (SSSR count). The quantitative estimate of drug-likeness (QED) is 0.906. The standard InChI is InChI=1S/C12H15F3N6O/c1-20-10(22)21-7-16-8(9(21)18-19-20)6-17-11(12(13,14)15)4-2-3-5-11/h7,17H,2-6H2,1H3. The lowest BCUT2D eigenvalue weighted by atomic mass is 9.96. The van der Waals surface area contributed by atoms with E-state index in [9.17, 15) is 18.0 Å². The Kier molecular flexibility index (Phi) is 3.42. The SMILES string of the molecule is Cn1nnc2c(CNC3(C(F)(F)F)CCCC3)ncn2c1=O. The number of halogens is 3. The largest absolute Gasteiger partial charge is 0.406 e. The second-order valence-corrected chi connectivity index (χ2v) is 5.52. The minimum absolute atomic E-state index is 0.0513. The molecule has 0 aliphatic heterocycles. The number of hydrogen-bond acceptors (Lipinski definition) is 5. The van der Waals surface area contributed by atoms with E-state index in [2.05, 4.69) is 20.6 Å². The van der Waals surface area contributed by atoms with Crippen molar-refractivity contribution in [1.29, 1.82) is 0 Å². The number of rotatable bonds is 3. The molecule has 1 fully saturated rings. The van der Waals surface area contributed by atoms with E-state index >= 15 is 0 Å². The smallest absolute Gasteiger partial charge is 0.298 e. The maximum atomic E-state index is 13.3. The highest BCUT2D eigenvalue weighted by molar-refractivity contribution is 5.41. The monoisotopic (exact) mass is 316 g/mol. The topological polar surface area (TPSA) is 77.1 Å². The second kappa shape index (κ2) is 5.04. The molecule has 7 nitrogen and oxygen atoms in total. The summed E-state index contributed by atoms with van der Waals surface area (Å²) in [5.41, 5.74) is -1.88. The van der Waals surface area contributed by atoms with Crippen molar-refractivity contribution in [2.75, 3.05) is 0 Å². The number of nitrogens with one attached hydrogen (secondary N) is 1. The molecule has 22 heavy (non-hydrogen) atoms. The predicted molar refractivity (Wildman–Crippen MR) is 70.1 cm³/mol. The van der Waals surface area contributed by atoms with E-state index in [-0.39, 0.29) is 30.7 Å². The van der Waals surface area contributed by atoms with Gasteiger partial charge in [0.2, 0.25) is 0 Å². The predicted octanol–water partition coefficient (Wildman–Crippen LogP) is 0.788. The van der Waals surface area contributed by atoms with Gasteiger partial charge in [-0.05, 0) is 12.8 Å². The van der Waals surface area contributed by atoms with Crippen LogP contribution in [0.4, 0.5) is 13.2 Å². The van der Waals surface area contributed by atoms with Crippen LogP contribution in [0.5, 0.6) is 0 Å². The van der Waals surface area contributed by atoms with Crippen LogP contribution in [-0.2, 0) is 13.6 Å². The summed E-state index contributed by atoms with van der Waals surface area (Å²) in [7, 11) is 1.43. The highest BCUT2D eigenvalue weighted by Gasteiger charge is 2.55. The number of nitrogens with zero attached hydrogens (tertiary/aromatic N) is 5. The number of imidazole rings is 1. The number of aryl methyl sites for hydroxylation is 1. The van der Waals surface area contributed by atoms with Gasteiger partial charge in [0.25, 0.3) is 0 Å². The molecule has 0 atom stereocenters. The maximum Gasteiger partial charge on any atom is 0.406 e. The van der Waals surface area contributed by atoms with E-state index in [1.165, 1.54) is 17.8 Å². The van der Waals surface area contributed by atoms with E-state index in [1.54, 1.807) is 0 Å². The third-order valence-corrected chi connectivity index (χ3v) is 4.17. The third kappa shape index (κ3) is 2.27. The van der Waals surface area contributed by atoms with E-state index in [0.717, 1.165) is 4.68 Å². The second-order valence-electron chi connectivity index (χ2n) is 5.52. The van der Waals surface area contributed by atoms with E-state index in [1.807, 2.05) is 0 Å². The Bertz CT molecular complexity index is 743. The van der Waals surface area contributed by atoms with Crippen molar-refractivity contribution in [1.82, 2.24) is 29.7 Å². The Morgan fingerprint density at radius 1 is 1.36 bits per heavy atom. The van der Waals surface area contributed by atoms with Crippen LogP contribution in [0.3, 0.4) is 0 Å². The number of hydrogen-bond donors (Lipinski definition) is 1. The van der Waals surface area contributed by atoms with Gasteiger partial charge in [-0.3, -0.25) is 5.32 Å². The van der Waals surface area contributed by atoms with Crippen molar-refractivity contribution >= 4 is 5.65 Å². The molecule has 0 bridgehead atoms. The van der Waals surface area contributed by atoms with Gasteiger partial charge in [0, 0.05) is 13.6 Å². The molecule has 120 valence electrons. The Morgan fingerprint density at radius 3 is 2.68 bits per heavy atom. The van der Waals surface area contributed by atoms with Gasteiger partial charge in [-0.2, -0.15) is 17.9 Å². The van der Waals surface area contributed by atoms with Crippen molar-refractivity contribution in [2.24, 2.45) is 7.05 Å². The van der Waals surface area contributed by atoms with Gasteiger partial charge in [0.15, 0.2) is 5.65 Å². The molecule has 2 aromatic heterocycles. The maximum absolute atomic E-state index is 13.3. The first-order valence-corrected chi connectivity index (χ1v) is 6.92. The lowest BCUT2D eigenvalue weighted by Crippen LogP contribution is -2.54. The van der Waals surface area contributed by atoms with Crippen molar-refractivity contribution in [3.63, 3.8) is 0 Å². The molecule has 2 aromatic rings. The number of alkyl halides is 3. The Hall–Kier alpha value is -1.97. The van der Waals surface area contributed by atoms with Crippen molar-refractivity contribution < 1.29 is 13.2 Å². The lowest BCUT2D eigenvalue weighted by Gasteiger charge is -2.32. The molecule has 1 N–H and O–H groups in total. The molecule has 0 spiro atoms. The van der Waals surface area contributed by atoms with Crippen LogP contribution in [0.25, 0.3) is 5.65 Å². The Labute approximate surface area is 123 Å². The molecule has 10 heteroatoms. The molecule has 1 saturated carbocycles. The molecule has 0 amide bonds. The van der Waals surface area contributed by atoms with Gasteiger partial charge < -0.3 is 0 Å². The molecular formula is C12H15F3N6O. The highest BCUT2D eigenvalue weighted by Crippen LogP contribution is 2.43. The van der Waals surface area contributed by atoms with E-state index in [0.29, 0.717) is 12.8 Å². The Balaban J connectivity index is 1.88. The average molecular weight is 316 g/mol. The third-order valence-electron chi connectivity index (χ3n) is 4.17. The minimum Gasteiger partial charge on any atom is -0.298 e.